The Hall–Kier alpha value is -0.590. The van der Waals surface area contributed by atoms with E-state index in [4.69, 9.17) is 9.31 Å². The highest BCUT2D eigenvalue weighted by atomic mass is 79.9. The number of rotatable bonds is 3. The van der Waals surface area contributed by atoms with E-state index >= 15 is 0 Å². The SMILES string of the molecule is Brc1cnc(N(B2CO2)B2CO2)nc1. The van der Waals surface area contributed by atoms with Gasteiger partial charge < -0.3 is 14.0 Å². The summed E-state index contributed by atoms with van der Waals surface area (Å²) < 4.78 is 13.3. The van der Waals surface area contributed by atoms with Crippen LogP contribution in [0.4, 0.5) is 5.95 Å². The zero-order valence-corrected chi connectivity index (χ0v) is 8.85. The van der Waals surface area contributed by atoms with Crippen molar-refractivity contribution < 1.29 is 9.31 Å². The Kier molecular flexibility index (Phi) is 2.00. The molecule has 0 amide bonds. The van der Waals surface area contributed by atoms with E-state index in [-0.39, 0.29) is 14.1 Å². The molecule has 2 fully saturated rings. The Bertz CT molecular complexity index is 331. The lowest BCUT2D eigenvalue weighted by molar-refractivity contribution is 0.550. The fourth-order valence-corrected chi connectivity index (χ4v) is 1.49. The number of aromatic nitrogens is 2. The van der Waals surface area contributed by atoms with E-state index in [1.165, 1.54) is 0 Å². The monoisotopic (exact) mass is 253 g/mol. The minimum Gasteiger partial charge on any atom is -0.418 e. The van der Waals surface area contributed by atoms with Gasteiger partial charge in [0.2, 0.25) is 5.95 Å². The lowest BCUT2D eigenvalue weighted by Gasteiger charge is -2.14. The number of anilines is 1. The van der Waals surface area contributed by atoms with Crippen LogP contribution in [0.2, 0.25) is 0 Å². The summed E-state index contributed by atoms with van der Waals surface area (Å²) in [6.07, 6.45) is 3.44. The number of halogens is 1. The molecule has 2 saturated heterocycles. The summed E-state index contributed by atoms with van der Waals surface area (Å²) in [5.41, 5.74) is 0. The van der Waals surface area contributed by atoms with E-state index in [0.29, 0.717) is 5.95 Å². The quantitative estimate of drug-likeness (QED) is 0.567. The number of hydrogen-bond acceptors (Lipinski definition) is 5. The molecule has 3 rings (SSSR count). The fourth-order valence-electron chi connectivity index (χ4n) is 1.29. The highest BCUT2D eigenvalue weighted by molar-refractivity contribution is 9.10. The van der Waals surface area contributed by atoms with E-state index in [1.54, 1.807) is 12.4 Å². The molecule has 3 heterocycles. The molecule has 70 valence electrons. The van der Waals surface area contributed by atoms with Gasteiger partial charge in [-0.05, 0) is 15.9 Å². The molecule has 0 atom stereocenters. The Balaban J connectivity index is 1.86. The molecule has 14 heavy (non-hydrogen) atoms. The second-order valence-electron chi connectivity index (χ2n) is 3.18. The molecule has 8 heteroatoms. The van der Waals surface area contributed by atoms with Crippen LogP contribution in [0.5, 0.6) is 0 Å². The molecule has 0 N–H and O–H groups in total. The highest BCUT2D eigenvalue weighted by Gasteiger charge is 2.51. The molecule has 0 radical (unpaired) electrons. The van der Waals surface area contributed by atoms with Gasteiger partial charge in [0.15, 0.2) is 0 Å². The maximum atomic E-state index is 5.21. The van der Waals surface area contributed by atoms with Crippen LogP contribution in [0.25, 0.3) is 0 Å². The zero-order chi connectivity index (χ0) is 9.54. The molecule has 1 aromatic rings. The van der Waals surface area contributed by atoms with Crippen molar-refractivity contribution in [3.8, 4) is 0 Å². The Labute approximate surface area is 90.2 Å². The molecule has 2 aliphatic heterocycles. The Morgan fingerprint density at radius 3 is 2.14 bits per heavy atom. The van der Waals surface area contributed by atoms with Gasteiger partial charge in [-0.3, -0.25) is 0 Å². The van der Waals surface area contributed by atoms with Crippen molar-refractivity contribution in [2.24, 2.45) is 0 Å². The van der Waals surface area contributed by atoms with Crippen LogP contribution in [-0.2, 0) is 9.31 Å². The molecule has 2 aliphatic rings. The van der Waals surface area contributed by atoms with Crippen LogP contribution < -0.4 is 4.72 Å². The van der Waals surface area contributed by atoms with E-state index < -0.39 is 0 Å². The molecular weight excluding hydrogens is 248 g/mol. The Morgan fingerprint density at radius 2 is 1.71 bits per heavy atom. The van der Waals surface area contributed by atoms with Crippen molar-refractivity contribution >= 4 is 36.0 Å². The molecule has 0 bridgehead atoms. The van der Waals surface area contributed by atoms with Crippen LogP contribution >= 0.6 is 15.9 Å². The summed E-state index contributed by atoms with van der Waals surface area (Å²) in [7, 11) is 0.201. The topological polar surface area (TPSA) is 54.1 Å². The molecule has 0 aromatic carbocycles. The average Bonchev–Trinajstić information content (AvgIpc) is 3.00. The third kappa shape index (κ3) is 1.65. The van der Waals surface area contributed by atoms with Crippen molar-refractivity contribution in [2.45, 2.75) is 0 Å². The summed E-state index contributed by atoms with van der Waals surface area (Å²) in [6, 6.07) is 0. The van der Waals surface area contributed by atoms with Crippen LogP contribution in [-0.4, -0.2) is 37.1 Å². The van der Waals surface area contributed by atoms with Gasteiger partial charge in [0.05, 0.1) is 17.5 Å². The first kappa shape index (κ1) is 8.70. The molecule has 0 unspecified atom stereocenters. The number of nitrogens with zero attached hydrogens (tertiary/aromatic N) is 3. The van der Waals surface area contributed by atoms with E-state index in [2.05, 4.69) is 25.9 Å². The van der Waals surface area contributed by atoms with Crippen molar-refractivity contribution in [1.29, 1.82) is 0 Å². The smallest absolute Gasteiger partial charge is 0.418 e. The minimum absolute atomic E-state index is 0.101. The molecule has 0 spiro atoms. The molecule has 5 nitrogen and oxygen atoms in total. The largest absolute Gasteiger partial charge is 0.432 e. The van der Waals surface area contributed by atoms with E-state index in [0.717, 1.165) is 17.5 Å². The third-order valence-electron chi connectivity index (χ3n) is 2.09. The predicted octanol–water partition coefficient (Wildman–Crippen LogP) is 0.161. The van der Waals surface area contributed by atoms with E-state index in [9.17, 15) is 0 Å². The Morgan fingerprint density at radius 1 is 1.21 bits per heavy atom. The zero-order valence-electron chi connectivity index (χ0n) is 7.26. The first-order valence-corrected chi connectivity index (χ1v) is 5.13. The van der Waals surface area contributed by atoms with Gasteiger partial charge in [-0.15, -0.1) is 0 Å². The first-order valence-electron chi connectivity index (χ1n) is 4.34. The second-order valence-corrected chi connectivity index (χ2v) is 4.10. The van der Waals surface area contributed by atoms with Crippen molar-refractivity contribution in [2.75, 3.05) is 17.7 Å². The standard InChI is InChI=1S/C6H6B2BrN3O2/c9-5-1-10-6(11-2-5)12(7-3-13-7)8-4-14-8/h1-2H,3-4H2. The summed E-state index contributed by atoms with van der Waals surface area (Å²) >= 11 is 3.29. The van der Waals surface area contributed by atoms with Crippen molar-refractivity contribution in [3.05, 3.63) is 16.9 Å². The van der Waals surface area contributed by atoms with Crippen LogP contribution in [0.15, 0.2) is 16.9 Å². The van der Waals surface area contributed by atoms with Crippen LogP contribution in [0.1, 0.15) is 0 Å². The van der Waals surface area contributed by atoms with Gasteiger partial charge in [-0.2, -0.15) is 0 Å². The first-order chi connectivity index (χ1) is 6.84. The average molecular weight is 254 g/mol. The number of hydrogen-bond donors (Lipinski definition) is 0. The lowest BCUT2D eigenvalue weighted by Crippen LogP contribution is -2.38. The van der Waals surface area contributed by atoms with E-state index in [1.807, 2.05) is 4.72 Å². The third-order valence-corrected chi connectivity index (χ3v) is 2.50. The summed E-state index contributed by atoms with van der Waals surface area (Å²) in [6.45, 7) is 1.47. The summed E-state index contributed by atoms with van der Waals surface area (Å²) in [5.74, 6) is 0.665. The van der Waals surface area contributed by atoms with Crippen LogP contribution in [0.3, 0.4) is 0 Å². The van der Waals surface area contributed by atoms with Gasteiger partial charge >= 0.3 is 14.1 Å². The van der Waals surface area contributed by atoms with Gasteiger partial charge in [0.1, 0.15) is 0 Å². The van der Waals surface area contributed by atoms with Crippen molar-refractivity contribution in [1.82, 2.24) is 9.97 Å². The molecular formula is C6H6B2BrN3O2. The lowest BCUT2D eigenvalue weighted by atomic mass is 9.77. The van der Waals surface area contributed by atoms with Gasteiger partial charge in [0, 0.05) is 12.4 Å². The molecule has 1 aromatic heterocycles. The van der Waals surface area contributed by atoms with Gasteiger partial charge in [-0.25, -0.2) is 9.97 Å². The molecule has 0 aliphatic carbocycles. The maximum absolute atomic E-state index is 5.21. The second kappa shape index (κ2) is 3.22. The van der Waals surface area contributed by atoms with Crippen molar-refractivity contribution in [3.63, 3.8) is 0 Å². The minimum atomic E-state index is 0.101. The highest BCUT2D eigenvalue weighted by Crippen LogP contribution is 2.24. The maximum Gasteiger partial charge on any atom is 0.432 e. The van der Waals surface area contributed by atoms with Gasteiger partial charge in [0.25, 0.3) is 0 Å². The normalized spacial score (nSPS) is 18.4. The van der Waals surface area contributed by atoms with Gasteiger partial charge in [-0.1, -0.05) is 0 Å². The van der Waals surface area contributed by atoms with Crippen LogP contribution in [0, 0.1) is 0 Å². The molecule has 0 saturated carbocycles. The predicted molar refractivity (Wildman–Crippen MR) is 55.6 cm³/mol. The summed E-state index contributed by atoms with van der Waals surface area (Å²) in [4.78, 5) is 8.42. The summed E-state index contributed by atoms with van der Waals surface area (Å²) in [5, 5.41) is 0. The fraction of sp³-hybridized carbons (Fsp3) is 0.333.